The predicted molar refractivity (Wildman–Crippen MR) is 56.0 cm³/mol. The molecule has 2 saturated carbocycles. The normalized spacial score (nSPS) is 22.6. The highest BCUT2D eigenvalue weighted by atomic mass is 16.1. The summed E-state index contributed by atoms with van der Waals surface area (Å²) in [5.74, 6) is 0.220. The second-order valence-corrected chi connectivity index (χ2v) is 4.53. The van der Waals surface area contributed by atoms with Crippen LogP contribution >= 0.6 is 0 Å². The van der Waals surface area contributed by atoms with E-state index >= 15 is 0 Å². The summed E-state index contributed by atoms with van der Waals surface area (Å²) in [6, 6.07) is 1.19. The zero-order valence-electron chi connectivity index (χ0n) is 8.72. The highest BCUT2D eigenvalue weighted by molar-refractivity contribution is 5.76. The number of hydrogen-bond acceptors (Lipinski definition) is 2. The molecule has 0 bridgehead atoms. The smallest absolute Gasteiger partial charge is 0.221 e. The van der Waals surface area contributed by atoms with Crippen LogP contribution in [0.5, 0.6) is 0 Å². The van der Waals surface area contributed by atoms with Crippen LogP contribution in [0.15, 0.2) is 0 Å². The van der Waals surface area contributed by atoms with E-state index < -0.39 is 0 Å². The molecule has 0 aromatic heterocycles. The first-order valence-electron chi connectivity index (χ1n) is 5.87. The van der Waals surface area contributed by atoms with E-state index in [2.05, 4.69) is 10.6 Å². The third-order valence-corrected chi connectivity index (χ3v) is 3.08. The topological polar surface area (TPSA) is 41.1 Å². The molecular formula is C11H20N2O. The van der Waals surface area contributed by atoms with E-state index in [-0.39, 0.29) is 5.91 Å². The van der Waals surface area contributed by atoms with Crippen LogP contribution in [0, 0.1) is 0 Å². The Bertz CT molecular complexity index is 195. The second-order valence-electron chi connectivity index (χ2n) is 4.53. The number of carbonyl (C=O) groups excluding carboxylic acids is 1. The van der Waals surface area contributed by atoms with Gasteiger partial charge in [0.2, 0.25) is 5.91 Å². The second kappa shape index (κ2) is 4.78. The van der Waals surface area contributed by atoms with Crippen molar-refractivity contribution in [3.05, 3.63) is 0 Å². The van der Waals surface area contributed by atoms with Crippen molar-refractivity contribution in [2.75, 3.05) is 6.54 Å². The summed E-state index contributed by atoms with van der Waals surface area (Å²) >= 11 is 0. The van der Waals surface area contributed by atoms with Crippen molar-refractivity contribution < 1.29 is 4.79 Å². The Hall–Kier alpha value is -0.570. The molecule has 14 heavy (non-hydrogen) atoms. The van der Waals surface area contributed by atoms with Crippen LogP contribution in [0.2, 0.25) is 0 Å². The standard InChI is InChI=1S/C11H20N2O/c14-11(13-10-5-6-10)7-8-12-9-3-1-2-4-9/h9-10,12H,1-8H2,(H,13,14). The van der Waals surface area contributed by atoms with Crippen LogP contribution in [0.25, 0.3) is 0 Å². The summed E-state index contributed by atoms with van der Waals surface area (Å²) in [4.78, 5) is 11.3. The third kappa shape index (κ3) is 3.29. The van der Waals surface area contributed by atoms with Gasteiger partial charge in [-0.05, 0) is 25.7 Å². The zero-order chi connectivity index (χ0) is 9.80. The molecule has 2 aliphatic carbocycles. The van der Waals surface area contributed by atoms with Crippen LogP contribution in [-0.2, 0) is 4.79 Å². The minimum Gasteiger partial charge on any atom is -0.353 e. The van der Waals surface area contributed by atoms with E-state index in [4.69, 9.17) is 0 Å². The molecule has 3 heteroatoms. The Morgan fingerprint density at radius 2 is 1.79 bits per heavy atom. The fraction of sp³-hybridized carbons (Fsp3) is 0.909. The molecule has 0 unspecified atom stereocenters. The predicted octanol–water partition coefficient (Wildman–Crippen LogP) is 1.19. The summed E-state index contributed by atoms with van der Waals surface area (Å²) in [5, 5.41) is 6.45. The Balaban J connectivity index is 1.50. The van der Waals surface area contributed by atoms with Crippen molar-refractivity contribution in [3.8, 4) is 0 Å². The molecule has 2 N–H and O–H groups in total. The van der Waals surface area contributed by atoms with E-state index in [1.54, 1.807) is 0 Å². The van der Waals surface area contributed by atoms with Crippen LogP contribution in [0.4, 0.5) is 0 Å². The maximum Gasteiger partial charge on any atom is 0.221 e. The van der Waals surface area contributed by atoms with Gasteiger partial charge < -0.3 is 10.6 Å². The fourth-order valence-corrected chi connectivity index (χ4v) is 2.05. The minimum absolute atomic E-state index is 0.220. The Morgan fingerprint density at radius 3 is 2.43 bits per heavy atom. The van der Waals surface area contributed by atoms with Gasteiger partial charge >= 0.3 is 0 Å². The summed E-state index contributed by atoms with van der Waals surface area (Å²) in [5.41, 5.74) is 0. The number of carbonyl (C=O) groups is 1. The first-order valence-corrected chi connectivity index (χ1v) is 5.87. The number of rotatable bonds is 5. The number of hydrogen-bond donors (Lipinski definition) is 2. The molecule has 0 spiro atoms. The van der Waals surface area contributed by atoms with Gasteiger partial charge in [-0.2, -0.15) is 0 Å². The molecule has 2 rings (SSSR count). The van der Waals surface area contributed by atoms with Gasteiger partial charge in [-0.25, -0.2) is 0 Å². The van der Waals surface area contributed by atoms with Crippen LogP contribution in [-0.4, -0.2) is 24.5 Å². The van der Waals surface area contributed by atoms with E-state index in [9.17, 15) is 4.79 Å². The van der Waals surface area contributed by atoms with Crippen LogP contribution in [0.3, 0.4) is 0 Å². The lowest BCUT2D eigenvalue weighted by molar-refractivity contribution is -0.121. The van der Waals surface area contributed by atoms with Gasteiger partial charge in [-0.1, -0.05) is 12.8 Å². The van der Waals surface area contributed by atoms with Crippen molar-refractivity contribution in [1.82, 2.24) is 10.6 Å². The van der Waals surface area contributed by atoms with Crippen LogP contribution in [0.1, 0.15) is 44.9 Å². The molecule has 0 saturated heterocycles. The van der Waals surface area contributed by atoms with Crippen LogP contribution < -0.4 is 10.6 Å². The van der Waals surface area contributed by atoms with E-state index in [0.717, 1.165) is 6.54 Å². The monoisotopic (exact) mass is 196 g/mol. The van der Waals surface area contributed by atoms with Crippen molar-refractivity contribution >= 4 is 5.91 Å². The number of nitrogens with one attached hydrogen (secondary N) is 2. The molecular weight excluding hydrogens is 176 g/mol. The maximum absolute atomic E-state index is 11.3. The van der Waals surface area contributed by atoms with E-state index in [0.29, 0.717) is 18.5 Å². The highest BCUT2D eigenvalue weighted by Crippen LogP contribution is 2.19. The molecule has 0 aromatic carbocycles. The quantitative estimate of drug-likeness (QED) is 0.693. The molecule has 2 fully saturated rings. The third-order valence-electron chi connectivity index (χ3n) is 3.08. The largest absolute Gasteiger partial charge is 0.353 e. The molecule has 3 nitrogen and oxygen atoms in total. The Morgan fingerprint density at radius 1 is 1.07 bits per heavy atom. The molecule has 0 radical (unpaired) electrons. The molecule has 2 aliphatic rings. The van der Waals surface area contributed by atoms with Gasteiger partial charge in [0.05, 0.1) is 0 Å². The van der Waals surface area contributed by atoms with Crippen molar-refractivity contribution in [2.24, 2.45) is 0 Å². The first-order chi connectivity index (χ1) is 6.84. The Kier molecular flexibility index (Phi) is 3.40. The minimum atomic E-state index is 0.220. The summed E-state index contributed by atoms with van der Waals surface area (Å²) in [6.45, 7) is 0.850. The Labute approximate surface area is 85.6 Å². The summed E-state index contributed by atoms with van der Waals surface area (Å²) in [6.07, 6.45) is 8.31. The molecule has 1 amide bonds. The molecule has 0 heterocycles. The average Bonchev–Trinajstić information content (AvgIpc) is 2.82. The molecule has 0 atom stereocenters. The molecule has 0 aliphatic heterocycles. The lowest BCUT2D eigenvalue weighted by Gasteiger charge is -2.11. The van der Waals surface area contributed by atoms with E-state index in [1.165, 1.54) is 38.5 Å². The van der Waals surface area contributed by atoms with Gasteiger partial charge in [0.1, 0.15) is 0 Å². The van der Waals surface area contributed by atoms with Crippen molar-refractivity contribution in [1.29, 1.82) is 0 Å². The maximum atomic E-state index is 11.3. The first kappa shape index (κ1) is 9.97. The summed E-state index contributed by atoms with van der Waals surface area (Å²) in [7, 11) is 0. The lowest BCUT2D eigenvalue weighted by Crippen LogP contribution is -2.32. The van der Waals surface area contributed by atoms with Gasteiger partial charge in [0.25, 0.3) is 0 Å². The SMILES string of the molecule is O=C(CCNC1CCCC1)NC1CC1. The van der Waals surface area contributed by atoms with Crippen molar-refractivity contribution in [2.45, 2.75) is 57.0 Å². The van der Waals surface area contributed by atoms with Gasteiger partial charge in [-0.3, -0.25) is 4.79 Å². The van der Waals surface area contributed by atoms with Gasteiger partial charge in [-0.15, -0.1) is 0 Å². The zero-order valence-corrected chi connectivity index (χ0v) is 8.72. The lowest BCUT2D eigenvalue weighted by atomic mass is 10.2. The molecule has 0 aromatic rings. The fourth-order valence-electron chi connectivity index (χ4n) is 2.05. The number of amides is 1. The average molecular weight is 196 g/mol. The van der Waals surface area contributed by atoms with Gasteiger partial charge in [0, 0.05) is 25.0 Å². The highest BCUT2D eigenvalue weighted by Gasteiger charge is 2.23. The van der Waals surface area contributed by atoms with Crippen molar-refractivity contribution in [3.63, 3.8) is 0 Å². The van der Waals surface area contributed by atoms with E-state index in [1.807, 2.05) is 0 Å². The molecule has 80 valence electrons. The summed E-state index contributed by atoms with van der Waals surface area (Å²) < 4.78 is 0. The van der Waals surface area contributed by atoms with Gasteiger partial charge in [0.15, 0.2) is 0 Å².